The first-order valence-corrected chi connectivity index (χ1v) is 32.3. The highest BCUT2D eigenvalue weighted by atomic mass is 32.2. The van der Waals surface area contributed by atoms with Crippen LogP contribution in [0.1, 0.15) is 120 Å². The molecule has 466 valence electrons. The minimum atomic E-state index is -3.42. The highest BCUT2D eigenvalue weighted by Crippen LogP contribution is 2.56. The molecule has 0 saturated heterocycles. The van der Waals surface area contributed by atoms with Crippen molar-refractivity contribution in [1.29, 1.82) is 0 Å². The Morgan fingerprint density at radius 3 is 1.57 bits per heavy atom. The molecule has 1 unspecified atom stereocenters. The predicted molar refractivity (Wildman–Crippen MR) is 369 cm³/mol. The number of hydrogen-bond acceptors (Lipinski definition) is 8. The van der Waals surface area contributed by atoms with E-state index >= 15 is 31.9 Å². The van der Waals surface area contributed by atoms with Gasteiger partial charge < -0.3 is 14.4 Å². The van der Waals surface area contributed by atoms with E-state index in [4.69, 9.17) is 9.72 Å². The van der Waals surface area contributed by atoms with Crippen molar-refractivity contribution < 1.29 is 41.8 Å². The van der Waals surface area contributed by atoms with Crippen LogP contribution in [0, 0.1) is 11.6 Å². The largest absolute Gasteiger partial charge is 0.755 e. The number of aromatic nitrogens is 1. The predicted octanol–water partition coefficient (Wildman–Crippen LogP) is 18.2. The summed E-state index contributed by atoms with van der Waals surface area (Å²) in [4.78, 5) is 52.6. The van der Waals surface area contributed by atoms with Gasteiger partial charge in [0, 0.05) is 39.4 Å². The van der Waals surface area contributed by atoms with Crippen LogP contribution in [0.25, 0.3) is 53.2 Å². The van der Waals surface area contributed by atoms with Crippen LogP contribution in [-0.2, 0) is 49.5 Å². The molecule has 93 heavy (non-hydrogen) atoms. The minimum Gasteiger partial charge on any atom is -0.755 e. The maximum Gasteiger partial charge on any atom is 0.203 e. The number of pyridine rings is 1. The molecule has 11 rings (SSSR count). The molecule has 9 nitrogen and oxygen atoms in total. The number of fused-ring (bicyclic) bond motifs is 1. The van der Waals surface area contributed by atoms with Gasteiger partial charge in [-0.05, 0) is 163 Å². The van der Waals surface area contributed by atoms with Gasteiger partial charge in [-0.25, -0.2) is 8.78 Å². The Bertz CT molecular complexity index is 4400. The molecule has 1 saturated carbocycles. The van der Waals surface area contributed by atoms with Gasteiger partial charge in [-0.2, -0.15) is 0 Å². The van der Waals surface area contributed by atoms with Gasteiger partial charge in [0.1, 0.15) is 17.3 Å². The van der Waals surface area contributed by atoms with Crippen LogP contribution < -0.4 is 9.04 Å². The van der Waals surface area contributed by atoms with Gasteiger partial charge in [-0.3, -0.25) is 27.9 Å². The Kier molecular flexibility index (Phi) is 20.4. The third kappa shape index (κ3) is 15.3. The lowest BCUT2D eigenvalue weighted by Crippen LogP contribution is -2.40. The summed E-state index contributed by atoms with van der Waals surface area (Å²) in [6.07, 6.45) is 18.9. The van der Waals surface area contributed by atoms with Crippen LogP contribution in [0.2, 0.25) is 0 Å². The fourth-order valence-electron chi connectivity index (χ4n) is 12.5. The maximum absolute atomic E-state index is 16.7. The van der Waals surface area contributed by atoms with Crippen molar-refractivity contribution in [1.82, 2.24) is 4.98 Å². The first-order chi connectivity index (χ1) is 45.1. The van der Waals surface area contributed by atoms with Crippen molar-refractivity contribution in [3.8, 4) is 22.6 Å². The van der Waals surface area contributed by atoms with E-state index < -0.39 is 51.2 Å². The molecule has 9 aromatic rings. The third-order valence-electron chi connectivity index (χ3n) is 16.9. The molecule has 2 aliphatic rings. The van der Waals surface area contributed by atoms with E-state index in [0.29, 0.717) is 96.5 Å². The zero-order valence-corrected chi connectivity index (χ0v) is 52.5. The molecule has 0 radical (unpaired) electrons. The third-order valence-corrected chi connectivity index (χ3v) is 17.6. The molecule has 1 heterocycles. The molecule has 0 spiro atoms. The summed E-state index contributed by atoms with van der Waals surface area (Å²) in [7, 11) is 0. The molecule has 1 aromatic heterocycles. The van der Waals surface area contributed by atoms with Crippen molar-refractivity contribution in [2.24, 2.45) is 0 Å². The average molecular weight is 1250 g/mol. The zero-order chi connectivity index (χ0) is 64.9. The van der Waals surface area contributed by atoms with E-state index in [9.17, 15) is 5.11 Å². The normalized spacial score (nSPS) is 14.9. The van der Waals surface area contributed by atoms with Crippen molar-refractivity contribution >= 4 is 76.3 Å². The van der Waals surface area contributed by atoms with Crippen LogP contribution >= 0.6 is 0 Å². The van der Waals surface area contributed by atoms with Crippen molar-refractivity contribution in [2.75, 3.05) is 4.31 Å². The molecule has 12 heteroatoms. The summed E-state index contributed by atoms with van der Waals surface area (Å²) >= 11 is -3.42. The highest BCUT2D eigenvalue weighted by molar-refractivity contribution is 7.81. The van der Waals surface area contributed by atoms with Crippen molar-refractivity contribution in [2.45, 2.75) is 82.7 Å². The summed E-state index contributed by atoms with van der Waals surface area (Å²) in [6.45, 7) is 3.14. The Balaban J connectivity index is 1.31. The molecular weight excluding hydrogens is 1180 g/mol. The number of ether oxygens (including phenoxy) is 1. The highest BCUT2D eigenvalue weighted by Gasteiger charge is 2.47. The number of nitrogens with zero attached hydrogens (tertiary/aromatic N) is 2. The smallest absolute Gasteiger partial charge is 0.203 e. The zero-order valence-electron chi connectivity index (χ0n) is 51.7. The van der Waals surface area contributed by atoms with Gasteiger partial charge in [0.25, 0.3) is 0 Å². The van der Waals surface area contributed by atoms with Gasteiger partial charge in [-0.15, -0.1) is 0 Å². The summed E-state index contributed by atoms with van der Waals surface area (Å²) in [6, 6.07) is 61.3. The number of carbonyl (C=O) groups excluding carboxylic acids is 3. The van der Waals surface area contributed by atoms with Crippen LogP contribution in [0.5, 0.6) is 11.5 Å². The molecule has 8 aromatic carbocycles. The lowest BCUT2D eigenvalue weighted by Gasteiger charge is -2.43. The lowest BCUT2D eigenvalue weighted by molar-refractivity contribution is -0.112. The number of aliphatic hydroxyl groups is 1. The Morgan fingerprint density at radius 1 is 0.570 bits per heavy atom. The number of hydrogen-bond donors (Lipinski definition) is 1. The molecule has 0 aliphatic heterocycles. The average Bonchev–Trinajstić information content (AvgIpc) is 0.724. The van der Waals surface area contributed by atoms with E-state index in [1.807, 2.05) is 158 Å². The number of anilines is 1. The molecule has 1 fully saturated rings. The van der Waals surface area contributed by atoms with E-state index in [0.717, 1.165) is 34.0 Å². The van der Waals surface area contributed by atoms with E-state index in [2.05, 4.69) is 0 Å². The molecule has 1 N–H and O–H groups in total. The maximum atomic E-state index is 16.7. The van der Waals surface area contributed by atoms with Gasteiger partial charge in [0.15, 0.2) is 23.1 Å². The van der Waals surface area contributed by atoms with Crippen molar-refractivity contribution in [3.05, 3.63) is 315 Å². The fraction of sp³-hybridized carbons (Fsp3) is 0.160. The minimum absolute atomic E-state index is 0.0888. The number of rotatable bonds is 22. The van der Waals surface area contributed by atoms with Crippen LogP contribution in [-0.4, -0.2) is 36.2 Å². The number of allylic oxidation sites excluding steroid dienone is 5. The fourth-order valence-corrected chi connectivity index (χ4v) is 13.1. The summed E-state index contributed by atoms with van der Waals surface area (Å²) in [5.74, 6) is -4.04. The summed E-state index contributed by atoms with van der Waals surface area (Å²) in [5, 5.41) is 12.9. The Hall–Kier alpha value is -10.1. The van der Waals surface area contributed by atoms with Gasteiger partial charge in [-0.1, -0.05) is 219 Å². The number of benzene rings is 8. The van der Waals surface area contributed by atoms with Crippen molar-refractivity contribution in [3.63, 3.8) is 0 Å². The van der Waals surface area contributed by atoms with Gasteiger partial charge >= 0.3 is 0 Å². The molecule has 0 bridgehead atoms. The number of carbonyl (C=O) groups is 3. The molecule has 1 atom stereocenters. The number of aryl methyl sites for hydroxylation is 1. The van der Waals surface area contributed by atoms with Crippen LogP contribution in [0.4, 0.5) is 14.5 Å². The monoisotopic (exact) mass is 1250 g/mol. The van der Waals surface area contributed by atoms with E-state index in [-0.39, 0.29) is 56.4 Å². The second kappa shape index (κ2) is 29.4. The summed E-state index contributed by atoms with van der Waals surface area (Å²) < 4.78 is 70.5. The van der Waals surface area contributed by atoms with Gasteiger partial charge in [0.2, 0.25) is 5.78 Å². The van der Waals surface area contributed by atoms with E-state index in [1.54, 1.807) is 74.5 Å². The first kappa shape index (κ1) is 64.4. The Morgan fingerprint density at radius 2 is 1.05 bits per heavy atom. The quantitative estimate of drug-likeness (QED) is 0.0402. The number of halogens is 2. The Labute approximate surface area is 544 Å². The molecule has 0 amide bonds. The van der Waals surface area contributed by atoms with Gasteiger partial charge in [0.05, 0.1) is 28.2 Å². The second-order valence-electron chi connectivity index (χ2n) is 23.8. The molecular formula is C81H69F2N2O7S-. The first-order valence-electron chi connectivity index (χ1n) is 31.3. The lowest BCUT2D eigenvalue weighted by atomic mass is 9.64. The second-order valence-corrected chi connectivity index (χ2v) is 24.6. The number of ketones is 3. The van der Waals surface area contributed by atoms with Crippen LogP contribution in [0.3, 0.4) is 0 Å². The topological polar surface area (TPSA) is 137 Å². The standard InChI is InChI=1S/C81H70F2N2O7S/c1-80(2,89)67-54-66(76(92-75-47-43-62(82)53-69(75)83)55-64(67)65(50-59-32-16-6-17-33-59)72(86)44-40-56-26-10-3-11-27-56)77-63-38-22-23-39-70(63)84-79(78(77)85(93(90)91)71(52-61-36-20-8-21-37-61)74(88)46-42-58-30-14-5-15-31-58)81(48-24-9-25-49-81)68(51-60-34-18-7-19-35-60)73(87)45-41-57-28-12-4-13-29-57/h3-8,10-21,26-37,40-47,50-55,89H,9,22-25,38-39,48-49H2,1-2H3,(H,90,91)/p-1. The molecule has 2 aliphatic carbocycles. The summed E-state index contributed by atoms with van der Waals surface area (Å²) in [5.41, 5.74) is 2.78. The SMILES string of the molecule is CC(C)(O)c1cc(-c2c3c(nc(C4(C(=Cc5ccccc5)C(=O)C=Cc5ccccc5)CCCCC4)c2N(C(=Cc2ccccc2)C(=O)C=Cc2ccccc2)S(=O)[O-])CCCC3)c(Oc2ccc(F)cc2F)cc1C(=Cc1ccccc1)C(=O)C=Cc1ccccc1. The van der Waals surface area contributed by atoms with Crippen LogP contribution in [0.15, 0.2) is 242 Å². The van der Waals surface area contributed by atoms with E-state index in [1.165, 1.54) is 30.4 Å².